The summed E-state index contributed by atoms with van der Waals surface area (Å²) in [5.74, 6) is 0.464. The van der Waals surface area contributed by atoms with Crippen LogP contribution in [0, 0.1) is 20.8 Å². The van der Waals surface area contributed by atoms with Crippen LogP contribution in [-0.4, -0.2) is 30.6 Å². The van der Waals surface area contributed by atoms with E-state index in [0.717, 1.165) is 58.4 Å². The average Bonchev–Trinajstić information content (AvgIpc) is 3.37. The summed E-state index contributed by atoms with van der Waals surface area (Å²) in [5, 5.41) is 7.41. The summed E-state index contributed by atoms with van der Waals surface area (Å²) in [6.45, 7) is 6.67. The zero-order valence-electron chi connectivity index (χ0n) is 21.4. The van der Waals surface area contributed by atoms with Crippen LogP contribution in [0.4, 0.5) is 5.69 Å². The second-order valence-corrected chi connectivity index (χ2v) is 9.37. The van der Waals surface area contributed by atoms with Gasteiger partial charge >= 0.3 is 0 Å². The Morgan fingerprint density at radius 1 is 0.919 bits per heavy atom. The van der Waals surface area contributed by atoms with Gasteiger partial charge in [0.05, 0.1) is 11.7 Å². The number of anilines is 1. The van der Waals surface area contributed by atoms with Crippen molar-refractivity contribution in [3.63, 3.8) is 0 Å². The molecule has 186 valence electrons. The molecular formula is C30H30N6O. The maximum atomic E-state index is 13.1. The zero-order valence-corrected chi connectivity index (χ0v) is 21.4. The molecule has 2 aromatic carbocycles. The standard InChI is InChI=1S/C30H30N6O/c1-20-18-24(29-31-19-26-28(35-29)21(2)17-22(3)33-26)12-13-25(20)34-30(37)27-14-15-32-36(27)16-8-7-11-23-9-5-4-6-10-23/h4-6,9-10,12-15,17-19H,7-8,11,16H2,1-3H3,(H,34,37). The van der Waals surface area contributed by atoms with E-state index < -0.39 is 0 Å². The van der Waals surface area contributed by atoms with Crippen LogP contribution in [0.2, 0.25) is 0 Å². The van der Waals surface area contributed by atoms with E-state index in [1.165, 1.54) is 5.56 Å². The van der Waals surface area contributed by atoms with Crippen molar-refractivity contribution in [1.29, 1.82) is 0 Å². The number of unbranched alkanes of at least 4 members (excludes halogenated alkanes) is 1. The van der Waals surface area contributed by atoms with Gasteiger partial charge in [0.25, 0.3) is 5.91 Å². The summed E-state index contributed by atoms with van der Waals surface area (Å²) in [5.41, 5.74) is 8.12. The molecule has 1 amide bonds. The van der Waals surface area contributed by atoms with Crippen molar-refractivity contribution < 1.29 is 4.79 Å². The van der Waals surface area contributed by atoms with Gasteiger partial charge in [0.15, 0.2) is 5.82 Å². The second kappa shape index (κ2) is 10.7. The first-order valence-electron chi connectivity index (χ1n) is 12.6. The first-order valence-corrected chi connectivity index (χ1v) is 12.6. The highest BCUT2D eigenvalue weighted by atomic mass is 16.2. The number of carbonyl (C=O) groups excluding carboxylic acids is 1. The van der Waals surface area contributed by atoms with Crippen molar-refractivity contribution >= 4 is 22.6 Å². The lowest BCUT2D eigenvalue weighted by Crippen LogP contribution is -2.18. The minimum atomic E-state index is -0.171. The van der Waals surface area contributed by atoms with Crippen LogP contribution < -0.4 is 5.32 Å². The molecule has 0 unspecified atom stereocenters. The van der Waals surface area contributed by atoms with Crippen LogP contribution >= 0.6 is 0 Å². The smallest absolute Gasteiger partial charge is 0.273 e. The predicted octanol–water partition coefficient (Wildman–Crippen LogP) is 6.09. The zero-order chi connectivity index (χ0) is 25.8. The van der Waals surface area contributed by atoms with Crippen LogP contribution in [0.5, 0.6) is 0 Å². The van der Waals surface area contributed by atoms with Crippen LogP contribution in [0.1, 0.15) is 45.7 Å². The van der Waals surface area contributed by atoms with Crippen molar-refractivity contribution in [2.24, 2.45) is 0 Å². The van der Waals surface area contributed by atoms with Crippen molar-refractivity contribution in [3.8, 4) is 11.4 Å². The van der Waals surface area contributed by atoms with Crippen LogP contribution in [-0.2, 0) is 13.0 Å². The quantitative estimate of drug-likeness (QED) is 0.266. The molecule has 0 bridgehead atoms. The summed E-state index contributed by atoms with van der Waals surface area (Å²) in [6.07, 6.45) is 6.45. The molecule has 5 rings (SSSR count). The third-order valence-electron chi connectivity index (χ3n) is 6.48. The van der Waals surface area contributed by atoms with Gasteiger partial charge in [0.1, 0.15) is 11.2 Å². The number of aryl methyl sites for hydroxylation is 5. The van der Waals surface area contributed by atoms with Crippen LogP contribution in [0.25, 0.3) is 22.4 Å². The number of rotatable bonds is 8. The summed E-state index contributed by atoms with van der Waals surface area (Å²) in [7, 11) is 0. The number of hydrogen-bond acceptors (Lipinski definition) is 5. The summed E-state index contributed by atoms with van der Waals surface area (Å²) < 4.78 is 1.78. The molecule has 7 nitrogen and oxygen atoms in total. The molecule has 0 radical (unpaired) electrons. The Morgan fingerprint density at radius 2 is 1.76 bits per heavy atom. The van der Waals surface area contributed by atoms with Crippen molar-refractivity contribution in [1.82, 2.24) is 24.7 Å². The van der Waals surface area contributed by atoms with Crippen molar-refractivity contribution in [2.75, 3.05) is 5.32 Å². The lowest BCUT2D eigenvalue weighted by Gasteiger charge is -2.12. The molecule has 0 spiro atoms. The first-order chi connectivity index (χ1) is 18.0. The van der Waals surface area contributed by atoms with Gasteiger partial charge in [-0.2, -0.15) is 5.10 Å². The van der Waals surface area contributed by atoms with E-state index in [0.29, 0.717) is 18.1 Å². The fourth-order valence-electron chi connectivity index (χ4n) is 4.56. The molecule has 7 heteroatoms. The third-order valence-corrected chi connectivity index (χ3v) is 6.48. The van der Waals surface area contributed by atoms with E-state index in [1.807, 2.05) is 51.1 Å². The Balaban J connectivity index is 1.25. The number of benzene rings is 2. The average molecular weight is 491 g/mol. The minimum absolute atomic E-state index is 0.171. The fourth-order valence-corrected chi connectivity index (χ4v) is 4.56. The normalized spacial score (nSPS) is 11.1. The summed E-state index contributed by atoms with van der Waals surface area (Å²) >= 11 is 0. The predicted molar refractivity (Wildman–Crippen MR) is 147 cm³/mol. The van der Waals surface area contributed by atoms with Crippen LogP contribution in [0.15, 0.2) is 73.1 Å². The van der Waals surface area contributed by atoms with Gasteiger partial charge in [-0.1, -0.05) is 30.3 Å². The first kappa shape index (κ1) is 24.3. The molecular weight excluding hydrogens is 460 g/mol. The lowest BCUT2D eigenvalue weighted by atomic mass is 10.1. The highest BCUT2D eigenvalue weighted by molar-refractivity contribution is 6.03. The molecule has 0 aliphatic heterocycles. The van der Waals surface area contributed by atoms with Gasteiger partial charge < -0.3 is 5.32 Å². The molecule has 0 saturated carbocycles. The number of amides is 1. The molecule has 0 aliphatic carbocycles. The molecule has 37 heavy (non-hydrogen) atoms. The molecule has 0 saturated heterocycles. The molecule has 0 atom stereocenters. The van der Waals surface area contributed by atoms with E-state index in [9.17, 15) is 4.79 Å². The SMILES string of the molecule is Cc1cc(C)c2nc(-c3ccc(NC(=O)c4ccnn4CCCCc4ccccc4)c(C)c3)ncc2n1. The lowest BCUT2D eigenvalue weighted by molar-refractivity contribution is 0.101. The molecule has 5 aromatic rings. The van der Waals surface area contributed by atoms with Gasteiger partial charge in [0.2, 0.25) is 0 Å². The number of fused-ring (bicyclic) bond motifs is 1. The number of pyridine rings is 1. The fraction of sp³-hybridized carbons (Fsp3) is 0.233. The molecule has 3 aromatic heterocycles. The third kappa shape index (κ3) is 5.56. The Hall–Kier alpha value is -4.39. The van der Waals surface area contributed by atoms with E-state index >= 15 is 0 Å². The highest BCUT2D eigenvalue weighted by Crippen LogP contribution is 2.25. The Morgan fingerprint density at radius 3 is 2.57 bits per heavy atom. The Labute approximate surface area is 216 Å². The maximum Gasteiger partial charge on any atom is 0.273 e. The van der Waals surface area contributed by atoms with Gasteiger partial charge in [-0.3, -0.25) is 9.48 Å². The number of carbonyl (C=O) groups is 1. The highest BCUT2D eigenvalue weighted by Gasteiger charge is 2.14. The van der Waals surface area contributed by atoms with Crippen LogP contribution in [0.3, 0.4) is 0 Å². The number of hydrogen-bond donors (Lipinski definition) is 1. The summed E-state index contributed by atoms with van der Waals surface area (Å²) in [6, 6.07) is 20.1. The van der Waals surface area contributed by atoms with Gasteiger partial charge in [0, 0.05) is 29.7 Å². The molecule has 1 N–H and O–H groups in total. The molecule has 0 aliphatic rings. The number of nitrogens with one attached hydrogen (secondary N) is 1. The summed E-state index contributed by atoms with van der Waals surface area (Å²) in [4.78, 5) is 26.9. The molecule has 0 fully saturated rings. The van der Waals surface area contributed by atoms with E-state index in [1.54, 1.807) is 23.1 Å². The minimum Gasteiger partial charge on any atom is -0.320 e. The van der Waals surface area contributed by atoms with E-state index in [-0.39, 0.29) is 5.91 Å². The maximum absolute atomic E-state index is 13.1. The monoisotopic (exact) mass is 490 g/mol. The second-order valence-electron chi connectivity index (χ2n) is 9.37. The van der Waals surface area contributed by atoms with Gasteiger partial charge in [-0.15, -0.1) is 0 Å². The number of nitrogens with zero attached hydrogens (tertiary/aromatic N) is 5. The number of aromatic nitrogens is 5. The Kier molecular flexibility index (Phi) is 7.03. The molecule has 3 heterocycles. The van der Waals surface area contributed by atoms with Crippen molar-refractivity contribution in [3.05, 3.63) is 101 Å². The topological polar surface area (TPSA) is 85.6 Å². The van der Waals surface area contributed by atoms with E-state index in [2.05, 4.69) is 44.6 Å². The largest absolute Gasteiger partial charge is 0.320 e. The van der Waals surface area contributed by atoms with Crippen molar-refractivity contribution in [2.45, 2.75) is 46.6 Å². The van der Waals surface area contributed by atoms with E-state index in [4.69, 9.17) is 4.98 Å². The van der Waals surface area contributed by atoms with Gasteiger partial charge in [-0.05, 0) is 87.1 Å². The van der Waals surface area contributed by atoms with Gasteiger partial charge in [-0.25, -0.2) is 15.0 Å². The Bertz CT molecular complexity index is 1560.